The average molecular weight is 450 g/mol. The van der Waals surface area contributed by atoms with E-state index in [1.165, 1.54) is 0 Å². The van der Waals surface area contributed by atoms with Crippen molar-refractivity contribution in [3.8, 4) is 0 Å². The fraction of sp³-hybridized carbons (Fsp3) is 0.429. The smallest absolute Gasteiger partial charge is 0.358 e. The molecule has 0 spiro atoms. The van der Waals surface area contributed by atoms with Crippen LogP contribution in [0.15, 0.2) is 18.2 Å². The van der Waals surface area contributed by atoms with E-state index in [4.69, 9.17) is 0 Å². The molecule has 0 aliphatic carbocycles. The first-order valence-electron chi connectivity index (χ1n) is 4.99. The molecule has 0 N–H and O–H groups in total. The summed E-state index contributed by atoms with van der Waals surface area (Å²) < 4.78 is 0. The maximum atomic E-state index is 2.46. The number of rotatable bonds is 2. The standard InChI is InChI=1S/C11H21Si2.3CH3.Pt/c1-12(2,3)10-7-8-11(9-10)13(4,5)6;;;;/h7-9H,1-6H3;3*1H3;/q4*-1;+4. The van der Waals surface area contributed by atoms with Gasteiger partial charge in [0.25, 0.3) is 0 Å². The molecule has 1 aromatic rings. The van der Waals surface area contributed by atoms with Crippen LogP contribution in [0.25, 0.3) is 0 Å². The van der Waals surface area contributed by atoms with E-state index in [9.17, 15) is 0 Å². The van der Waals surface area contributed by atoms with Gasteiger partial charge >= 0.3 is 21.1 Å². The van der Waals surface area contributed by atoms with Gasteiger partial charge in [0, 0.05) is 16.1 Å². The summed E-state index contributed by atoms with van der Waals surface area (Å²) in [5.41, 5.74) is 0. The van der Waals surface area contributed by atoms with E-state index in [0.717, 1.165) is 0 Å². The second kappa shape index (κ2) is 8.55. The van der Waals surface area contributed by atoms with Gasteiger partial charge in [-0.3, -0.25) is 0 Å². The summed E-state index contributed by atoms with van der Waals surface area (Å²) in [6.45, 7) is 14.5. The van der Waals surface area contributed by atoms with Crippen LogP contribution in [-0.2, 0) is 21.1 Å². The zero-order valence-corrected chi connectivity index (χ0v) is 17.3. The van der Waals surface area contributed by atoms with E-state index in [1.54, 1.807) is 10.4 Å². The van der Waals surface area contributed by atoms with Crippen molar-refractivity contribution in [1.29, 1.82) is 0 Å². The molecule has 0 aliphatic heterocycles. The molecule has 0 fully saturated rings. The molecule has 17 heavy (non-hydrogen) atoms. The molecule has 0 nitrogen and oxygen atoms in total. The van der Waals surface area contributed by atoms with E-state index in [-0.39, 0.29) is 43.3 Å². The molecule has 104 valence electrons. The third-order valence-electron chi connectivity index (χ3n) is 2.49. The molecule has 0 aromatic heterocycles. The Balaban J connectivity index is -0.000000211. The molecule has 0 radical (unpaired) electrons. The second-order valence-electron chi connectivity index (χ2n) is 5.89. The Morgan fingerprint density at radius 1 is 0.882 bits per heavy atom. The minimum absolute atomic E-state index is 0. The Hall–Kier alpha value is 0.472. The molecule has 0 saturated carbocycles. The number of hydrogen-bond donors (Lipinski definition) is 0. The molecule has 0 aliphatic rings. The summed E-state index contributed by atoms with van der Waals surface area (Å²) in [5.74, 6) is 0. The Bertz CT molecular complexity index is 261. The second-order valence-corrected chi connectivity index (χ2v) is 16.0. The van der Waals surface area contributed by atoms with Gasteiger partial charge < -0.3 is 22.3 Å². The molecule has 1 aromatic carbocycles. The molecule has 3 heteroatoms. The van der Waals surface area contributed by atoms with Crippen LogP contribution in [0.1, 0.15) is 0 Å². The molecule has 0 heterocycles. The molecule has 0 amide bonds. The van der Waals surface area contributed by atoms with Crippen LogP contribution in [0.4, 0.5) is 0 Å². The topological polar surface area (TPSA) is 0 Å². The van der Waals surface area contributed by atoms with E-state index in [1.807, 2.05) is 0 Å². The van der Waals surface area contributed by atoms with Crippen molar-refractivity contribution in [1.82, 2.24) is 0 Å². The molecule has 0 unspecified atom stereocenters. The van der Waals surface area contributed by atoms with Gasteiger partial charge in [0.2, 0.25) is 0 Å². The van der Waals surface area contributed by atoms with Gasteiger partial charge in [-0.05, 0) is 0 Å². The molecule has 0 bridgehead atoms. The third-order valence-corrected chi connectivity index (χ3v) is 6.57. The van der Waals surface area contributed by atoms with Crippen LogP contribution in [-0.4, -0.2) is 16.1 Å². The van der Waals surface area contributed by atoms with E-state index < -0.39 is 16.1 Å². The van der Waals surface area contributed by atoms with Gasteiger partial charge in [-0.25, -0.2) is 11.3 Å². The van der Waals surface area contributed by atoms with Gasteiger partial charge in [0.15, 0.2) is 0 Å². The Labute approximate surface area is 127 Å². The van der Waals surface area contributed by atoms with Crippen LogP contribution in [0.3, 0.4) is 0 Å². The Morgan fingerprint density at radius 3 is 1.47 bits per heavy atom. The normalized spacial score (nSPS) is 10.2. The van der Waals surface area contributed by atoms with E-state index in [0.29, 0.717) is 0 Å². The molecule has 1 rings (SSSR count). The first kappa shape index (κ1) is 26.1. The third kappa shape index (κ3) is 7.48. The fourth-order valence-corrected chi connectivity index (χ4v) is 3.86. The summed E-state index contributed by atoms with van der Waals surface area (Å²) in [6, 6.07) is 7.15. The first-order valence-corrected chi connectivity index (χ1v) is 12.0. The summed E-state index contributed by atoms with van der Waals surface area (Å²) in [6.07, 6.45) is 0. The van der Waals surface area contributed by atoms with Gasteiger partial charge in [-0.2, -0.15) is 17.3 Å². The monoisotopic (exact) mass is 449 g/mol. The van der Waals surface area contributed by atoms with Crippen molar-refractivity contribution >= 4 is 26.5 Å². The summed E-state index contributed by atoms with van der Waals surface area (Å²) in [7, 11) is -2.14. The van der Waals surface area contributed by atoms with Crippen LogP contribution < -0.4 is 10.4 Å². The summed E-state index contributed by atoms with van der Waals surface area (Å²) in [4.78, 5) is 0. The van der Waals surface area contributed by atoms with Crippen molar-refractivity contribution in [3.05, 3.63) is 40.5 Å². The average Bonchev–Trinajstić information content (AvgIpc) is 2.28. The van der Waals surface area contributed by atoms with E-state index >= 15 is 0 Å². The van der Waals surface area contributed by atoms with Crippen molar-refractivity contribution in [2.45, 2.75) is 39.3 Å². The number of hydrogen-bond acceptors (Lipinski definition) is 0. The predicted molar refractivity (Wildman–Crippen MR) is 87.2 cm³/mol. The maximum Gasteiger partial charge on any atom is 4.00 e. The predicted octanol–water partition coefficient (Wildman–Crippen LogP) is 3.84. The quantitative estimate of drug-likeness (QED) is 0.475. The Kier molecular flexibility index (Phi) is 13.1. The fourth-order valence-electron chi connectivity index (χ4n) is 1.38. The summed E-state index contributed by atoms with van der Waals surface area (Å²) in [5, 5.41) is 3.23. The Morgan fingerprint density at radius 2 is 1.29 bits per heavy atom. The zero-order chi connectivity index (χ0) is 10.3. The molecular weight excluding hydrogens is 419 g/mol. The van der Waals surface area contributed by atoms with Crippen LogP contribution in [0, 0.1) is 22.3 Å². The first-order chi connectivity index (χ1) is 5.71. The van der Waals surface area contributed by atoms with Crippen molar-refractivity contribution < 1.29 is 21.1 Å². The van der Waals surface area contributed by atoms with Crippen molar-refractivity contribution in [2.24, 2.45) is 0 Å². The van der Waals surface area contributed by atoms with Gasteiger partial charge in [0.05, 0.1) is 0 Å². The summed E-state index contributed by atoms with van der Waals surface area (Å²) >= 11 is 0. The maximum absolute atomic E-state index is 2.46. The zero-order valence-electron chi connectivity index (χ0n) is 13.0. The van der Waals surface area contributed by atoms with Gasteiger partial charge in [0.1, 0.15) is 0 Å². The molecule has 0 atom stereocenters. The van der Waals surface area contributed by atoms with Crippen LogP contribution in [0.2, 0.25) is 39.3 Å². The van der Waals surface area contributed by atoms with Crippen LogP contribution >= 0.6 is 0 Å². The van der Waals surface area contributed by atoms with Crippen LogP contribution in [0.5, 0.6) is 0 Å². The minimum atomic E-state index is -1.07. The van der Waals surface area contributed by atoms with E-state index in [2.05, 4.69) is 57.5 Å². The minimum Gasteiger partial charge on any atom is -0.358 e. The van der Waals surface area contributed by atoms with Gasteiger partial charge in [-0.15, -0.1) is 0 Å². The molecule has 0 saturated heterocycles. The van der Waals surface area contributed by atoms with Gasteiger partial charge in [-0.1, -0.05) is 39.3 Å². The van der Waals surface area contributed by atoms with Crippen molar-refractivity contribution in [2.75, 3.05) is 0 Å². The largest absolute Gasteiger partial charge is 4.00 e. The van der Waals surface area contributed by atoms with Crippen molar-refractivity contribution in [3.63, 3.8) is 0 Å². The molecular formula is C14H30PtSi2. The SMILES string of the molecule is C[Si](C)(C)c1cc[c-]([Si](C)(C)C)c1.[CH3-].[CH3-].[CH3-].[Pt+4].